The van der Waals surface area contributed by atoms with E-state index in [1.165, 1.54) is 18.5 Å². The van der Waals surface area contributed by atoms with Crippen molar-refractivity contribution < 1.29 is 9.47 Å². The predicted molar refractivity (Wildman–Crippen MR) is 88.0 cm³/mol. The molecule has 1 saturated heterocycles. The normalized spacial score (nSPS) is 15.7. The molecule has 0 saturated carbocycles. The lowest BCUT2D eigenvalue weighted by Crippen LogP contribution is -2.35. The lowest BCUT2D eigenvalue weighted by molar-refractivity contribution is 0.0823. The van der Waals surface area contributed by atoms with Gasteiger partial charge in [-0.2, -0.15) is 5.26 Å². The molecule has 0 N–H and O–H groups in total. The molecule has 0 aliphatic carbocycles. The molecule has 0 amide bonds. The van der Waals surface area contributed by atoms with Crippen molar-refractivity contribution in [3.63, 3.8) is 0 Å². The van der Waals surface area contributed by atoms with Crippen LogP contribution in [0.25, 0.3) is 0 Å². The van der Waals surface area contributed by atoms with Crippen LogP contribution >= 0.6 is 0 Å². The van der Waals surface area contributed by atoms with Crippen LogP contribution in [0.5, 0.6) is 0 Å². The average Bonchev–Trinajstić information content (AvgIpc) is 2.59. The molecule has 0 atom stereocenters. The zero-order chi connectivity index (χ0) is 15.6. The van der Waals surface area contributed by atoms with Crippen molar-refractivity contribution in [2.24, 2.45) is 5.92 Å². The van der Waals surface area contributed by atoms with Gasteiger partial charge in [-0.25, -0.2) is 0 Å². The minimum Gasteiger partial charge on any atom is -0.385 e. The number of methoxy groups -OCH3 is 1. The van der Waals surface area contributed by atoms with Crippen molar-refractivity contribution in [2.45, 2.75) is 25.7 Å². The quantitative estimate of drug-likeness (QED) is 0.692. The predicted octanol–water partition coefficient (Wildman–Crippen LogP) is 3.22. The number of nitrogens with zero attached hydrogens (tertiary/aromatic N) is 2. The second kappa shape index (κ2) is 9.45. The van der Waals surface area contributed by atoms with Gasteiger partial charge in [0.25, 0.3) is 0 Å². The first kappa shape index (κ1) is 16.8. The number of anilines is 1. The molecule has 1 aliphatic heterocycles. The van der Waals surface area contributed by atoms with E-state index < -0.39 is 0 Å². The highest BCUT2D eigenvalue weighted by atomic mass is 16.5. The smallest absolute Gasteiger partial charge is 0.0991 e. The molecule has 1 aromatic rings. The molecule has 22 heavy (non-hydrogen) atoms. The Labute approximate surface area is 133 Å². The van der Waals surface area contributed by atoms with Gasteiger partial charge in [0, 0.05) is 45.7 Å². The van der Waals surface area contributed by atoms with Gasteiger partial charge in [0.05, 0.1) is 11.6 Å². The molecule has 0 bridgehead atoms. The monoisotopic (exact) mass is 302 g/mol. The number of piperidine rings is 1. The second-order valence-electron chi connectivity index (χ2n) is 5.86. The minimum atomic E-state index is 0.678. The summed E-state index contributed by atoms with van der Waals surface area (Å²) in [5.74, 6) is 0.678. The van der Waals surface area contributed by atoms with Crippen LogP contribution in [-0.2, 0) is 9.47 Å². The summed E-state index contributed by atoms with van der Waals surface area (Å²) in [5, 5.41) is 8.84. The van der Waals surface area contributed by atoms with Crippen LogP contribution in [0.15, 0.2) is 24.3 Å². The summed E-state index contributed by atoms with van der Waals surface area (Å²) in [6, 6.07) is 10.0. The Morgan fingerprint density at radius 2 is 1.82 bits per heavy atom. The van der Waals surface area contributed by atoms with E-state index in [-0.39, 0.29) is 0 Å². The van der Waals surface area contributed by atoms with Gasteiger partial charge in [0.2, 0.25) is 0 Å². The van der Waals surface area contributed by atoms with Gasteiger partial charge in [-0.1, -0.05) is 0 Å². The van der Waals surface area contributed by atoms with Crippen LogP contribution in [0.4, 0.5) is 5.69 Å². The lowest BCUT2D eigenvalue weighted by atomic mass is 9.97. The maximum absolute atomic E-state index is 8.84. The number of hydrogen-bond acceptors (Lipinski definition) is 4. The molecule has 1 aliphatic rings. The largest absolute Gasteiger partial charge is 0.385 e. The van der Waals surface area contributed by atoms with Gasteiger partial charge in [-0.15, -0.1) is 0 Å². The Morgan fingerprint density at radius 3 is 2.45 bits per heavy atom. The maximum atomic E-state index is 8.84. The average molecular weight is 302 g/mol. The van der Waals surface area contributed by atoms with Crippen molar-refractivity contribution >= 4 is 5.69 Å². The SMILES string of the molecule is COCCCCOCC1CCN(c2ccc(C#N)cc2)CC1. The first-order valence-electron chi connectivity index (χ1n) is 8.15. The summed E-state index contributed by atoms with van der Waals surface area (Å²) in [6.07, 6.45) is 4.52. The molecule has 4 heteroatoms. The van der Waals surface area contributed by atoms with Gasteiger partial charge in [0.1, 0.15) is 0 Å². The van der Waals surface area contributed by atoms with E-state index in [2.05, 4.69) is 11.0 Å². The Balaban J connectivity index is 1.64. The molecule has 0 radical (unpaired) electrons. The fourth-order valence-corrected chi connectivity index (χ4v) is 2.81. The van der Waals surface area contributed by atoms with Crippen LogP contribution < -0.4 is 4.90 Å². The lowest BCUT2D eigenvalue weighted by Gasteiger charge is -2.33. The number of hydrogen-bond donors (Lipinski definition) is 0. The van der Waals surface area contributed by atoms with Crippen LogP contribution in [0.1, 0.15) is 31.2 Å². The molecule has 1 aromatic carbocycles. The third-order valence-corrected chi connectivity index (χ3v) is 4.22. The maximum Gasteiger partial charge on any atom is 0.0991 e. The van der Waals surface area contributed by atoms with Crippen molar-refractivity contribution in [2.75, 3.05) is 44.9 Å². The van der Waals surface area contributed by atoms with E-state index in [0.29, 0.717) is 5.92 Å². The van der Waals surface area contributed by atoms with Gasteiger partial charge in [-0.05, 0) is 55.9 Å². The highest BCUT2D eigenvalue weighted by Crippen LogP contribution is 2.23. The Hall–Kier alpha value is -1.57. The molecule has 4 nitrogen and oxygen atoms in total. The number of rotatable bonds is 8. The highest BCUT2D eigenvalue weighted by molar-refractivity contribution is 5.49. The van der Waals surface area contributed by atoms with E-state index in [1.807, 2.05) is 24.3 Å². The zero-order valence-corrected chi connectivity index (χ0v) is 13.5. The van der Waals surface area contributed by atoms with Crippen molar-refractivity contribution in [3.8, 4) is 6.07 Å². The van der Waals surface area contributed by atoms with Crippen molar-refractivity contribution in [1.29, 1.82) is 5.26 Å². The summed E-state index contributed by atoms with van der Waals surface area (Å²) >= 11 is 0. The number of benzene rings is 1. The topological polar surface area (TPSA) is 45.5 Å². The molecule has 0 spiro atoms. The molecule has 0 aromatic heterocycles. The Kier molecular flexibility index (Phi) is 7.21. The number of nitriles is 1. The molecular weight excluding hydrogens is 276 g/mol. The summed E-state index contributed by atoms with van der Waals surface area (Å²) in [7, 11) is 1.74. The van der Waals surface area contributed by atoms with Crippen molar-refractivity contribution in [3.05, 3.63) is 29.8 Å². The van der Waals surface area contributed by atoms with E-state index in [9.17, 15) is 0 Å². The van der Waals surface area contributed by atoms with Gasteiger partial charge in [-0.3, -0.25) is 0 Å². The second-order valence-corrected chi connectivity index (χ2v) is 5.86. The van der Waals surface area contributed by atoms with Gasteiger partial charge >= 0.3 is 0 Å². The van der Waals surface area contributed by atoms with Crippen LogP contribution in [-0.4, -0.2) is 40.0 Å². The summed E-state index contributed by atoms with van der Waals surface area (Å²) in [4.78, 5) is 2.40. The molecular formula is C18H26N2O2. The first-order valence-corrected chi connectivity index (χ1v) is 8.15. The molecule has 1 heterocycles. The van der Waals surface area contributed by atoms with Crippen LogP contribution in [0.3, 0.4) is 0 Å². The molecule has 1 fully saturated rings. The standard InChI is InChI=1S/C18H26N2O2/c1-21-12-2-3-13-22-15-17-8-10-20(11-9-17)18-6-4-16(14-19)5-7-18/h4-7,17H,2-3,8-13,15H2,1H3. The van der Waals surface area contributed by atoms with Gasteiger partial charge in [0.15, 0.2) is 0 Å². The fraction of sp³-hybridized carbons (Fsp3) is 0.611. The molecule has 120 valence electrons. The molecule has 2 rings (SSSR count). The van der Waals surface area contributed by atoms with E-state index in [0.717, 1.165) is 51.3 Å². The van der Waals surface area contributed by atoms with E-state index in [1.54, 1.807) is 7.11 Å². The van der Waals surface area contributed by atoms with Crippen LogP contribution in [0.2, 0.25) is 0 Å². The fourth-order valence-electron chi connectivity index (χ4n) is 2.81. The summed E-state index contributed by atoms with van der Waals surface area (Å²) in [5.41, 5.74) is 1.94. The van der Waals surface area contributed by atoms with E-state index in [4.69, 9.17) is 14.7 Å². The third-order valence-electron chi connectivity index (χ3n) is 4.22. The highest BCUT2D eigenvalue weighted by Gasteiger charge is 2.19. The number of unbranched alkanes of at least 4 members (excludes halogenated alkanes) is 1. The Morgan fingerprint density at radius 1 is 1.14 bits per heavy atom. The minimum absolute atomic E-state index is 0.678. The van der Waals surface area contributed by atoms with Crippen molar-refractivity contribution in [1.82, 2.24) is 0 Å². The van der Waals surface area contributed by atoms with Crippen LogP contribution in [0, 0.1) is 17.2 Å². The third kappa shape index (κ3) is 5.32. The Bertz CT molecular complexity index is 459. The van der Waals surface area contributed by atoms with Gasteiger partial charge < -0.3 is 14.4 Å². The van der Waals surface area contributed by atoms with E-state index >= 15 is 0 Å². The molecule has 0 unspecified atom stereocenters. The summed E-state index contributed by atoms with van der Waals surface area (Å²) < 4.78 is 10.8. The number of ether oxygens (including phenoxy) is 2. The first-order chi connectivity index (χ1) is 10.8. The summed E-state index contributed by atoms with van der Waals surface area (Å²) in [6.45, 7) is 4.70. The zero-order valence-electron chi connectivity index (χ0n) is 13.5.